The van der Waals surface area contributed by atoms with Gasteiger partial charge in [0.2, 0.25) is 0 Å². The summed E-state index contributed by atoms with van der Waals surface area (Å²) in [4.78, 5) is 0. The molecule has 1 atom stereocenters. The van der Waals surface area contributed by atoms with E-state index in [2.05, 4.69) is 40.9 Å². The van der Waals surface area contributed by atoms with Crippen molar-refractivity contribution in [1.82, 2.24) is 15.2 Å². The normalized spacial score (nSPS) is 16.3. The minimum absolute atomic E-state index is 0.359. The Morgan fingerprint density at radius 1 is 1.30 bits per heavy atom. The standard InChI is InChI=1S/C16H22N4/c1-20-15(8-9-18-20)6-7-16(19-17)14-10-12-4-2-3-5-13(12)11-14/h2-5,8-9,14,16,19H,6-7,10-11,17H2,1H3. The molecule has 0 aliphatic heterocycles. The Hall–Kier alpha value is -1.65. The summed E-state index contributed by atoms with van der Waals surface area (Å²) in [5.74, 6) is 6.39. The van der Waals surface area contributed by atoms with E-state index in [-0.39, 0.29) is 0 Å². The molecular weight excluding hydrogens is 248 g/mol. The molecule has 3 N–H and O–H groups in total. The second kappa shape index (κ2) is 5.77. The second-order valence-corrected chi connectivity index (χ2v) is 5.70. The van der Waals surface area contributed by atoms with E-state index in [0.717, 1.165) is 25.7 Å². The van der Waals surface area contributed by atoms with Crippen LogP contribution in [0.1, 0.15) is 23.2 Å². The molecule has 20 heavy (non-hydrogen) atoms. The smallest absolute Gasteiger partial charge is 0.0492 e. The zero-order chi connectivity index (χ0) is 13.9. The molecule has 4 nitrogen and oxygen atoms in total. The first-order valence-corrected chi connectivity index (χ1v) is 7.27. The molecule has 4 heteroatoms. The van der Waals surface area contributed by atoms with E-state index in [1.54, 1.807) is 0 Å². The lowest BCUT2D eigenvalue weighted by molar-refractivity contribution is 0.348. The number of nitrogens with zero attached hydrogens (tertiary/aromatic N) is 2. The van der Waals surface area contributed by atoms with Gasteiger partial charge < -0.3 is 0 Å². The number of rotatable bonds is 5. The molecule has 1 aliphatic rings. The van der Waals surface area contributed by atoms with Crippen molar-refractivity contribution in [2.45, 2.75) is 31.7 Å². The summed E-state index contributed by atoms with van der Waals surface area (Å²) in [5, 5.41) is 4.22. The maximum atomic E-state index is 5.79. The fraction of sp³-hybridized carbons (Fsp3) is 0.438. The molecule has 2 aromatic rings. The minimum atomic E-state index is 0.359. The highest BCUT2D eigenvalue weighted by molar-refractivity contribution is 5.32. The fourth-order valence-corrected chi connectivity index (χ4v) is 3.28. The van der Waals surface area contributed by atoms with Gasteiger partial charge in [-0.1, -0.05) is 24.3 Å². The molecule has 3 rings (SSSR count). The summed E-state index contributed by atoms with van der Waals surface area (Å²) in [6.07, 6.45) is 6.19. The average Bonchev–Trinajstić information content (AvgIpc) is 3.06. The Balaban J connectivity index is 1.62. The molecule has 106 valence electrons. The molecule has 1 aromatic carbocycles. The molecule has 0 spiro atoms. The van der Waals surface area contributed by atoms with Gasteiger partial charge >= 0.3 is 0 Å². The Kier molecular flexibility index (Phi) is 3.85. The van der Waals surface area contributed by atoms with Crippen molar-refractivity contribution in [2.24, 2.45) is 18.8 Å². The molecule has 1 unspecified atom stereocenters. The molecule has 1 heterocycles. The summed E-state index contributed by atoms with van der Waals surface area (Å²) in [6.45, 7) is 0. The lowest BCUT2D eigenvalue weighted by atomic mass is 9.93. The van der Waals surface area contributed by atoms with E-state index in [0.29, 0.717) is 12.0 Å². The van der Waals surface area contributed by atoms with E-state index < -0.39 is 0 Å². The third-order valence-corrected chi connectivity index (χ3v) is 4.50. The van der Waals surface area contributed by atoms with Crippen LogP contribution in [0.4, 0.5) is 0 Å². The van der Waals surface area contributed by atoms with E-state index >= 15 is 0 Å². The van der Waals surface area contributed by atoms with Gasteiger partial charge in [-0.05, 0) is 48.8 Å². The molecule has 0 saturated heterocycles. The predicted molar refractivity (Wildman–Crippen MR) is 80.0 cm³/mol. The quantitative estimate of drug-likeness (QED) is 0.641. The highest BCUT2D eigenvalue weighted by Crippen LogP contribution is 2.29. The van der Waals surface area contributed by atoms with Gasteiger partial charge in [0.1, 0.15) is 0 Å². The molecule has 1 aromatic heterocycles. The number of benzene rings is 1. The van der Waals surface area contributed by atoms with E-state index in [4.69, 9.17) is 5.84 Å². The minimum Gasteiger partial charge on any atom is -0.273 e. The van der Waals surface area contributed by atoms with Crippen molar-refractivity contribution in [3.63, 3.8) is 0 Å². The number of hydrogen-bond donors (Lipinski definition) is 2. The maximum absolute atomic E-state index is 5.79. The van der Waals surface area contributed by atoms with Crippen LogP contribution in [0.25, 0.3) is 0 Å². The van der Waals surface area contributed by atoms with Gasteiger partial charge in [-0.2, -0.15) is 5.10 Å². The number of nitrogens with two attached hydrogens (primary N) is 1. The van der Waals surface area contributed by atoms with Gasteiger partial charge in [0, 0.05) is 25.0 Å². The van der Waals surface area contributed by atoms with Crippen molar-refractivity contribution in [2.75, 3.05) is 0 Å². The highest BCUT2D eigenvalue weighted by Gasteiger charge is 2.27. The number of hydrogen-bond acceptors (Lipinski definition) is 3. The number of hydrazine groups is 1. The number of aryl methyl sites for hydroxylation is 2. The molecule has 0 fully saturated rings. The van der Waals surface area contributed by atoms with Crippen LogP contribution < -0.4 is 11.3 Å². The predicted octanol–water partition coefficient (Wildman–Crippen LogP) is 1.60. The van der Waals surface area contributed by atoms with Crippen LogP contribution in [-0.4, -0.2) is 15.8 Å². The highest BCUT2D eigenvalue weighted by atomic mass is 15.3. The van der Waals surface area contributed by atoms with Crippen molar-refractivity contribution in [3.05, 3.63) is 53.3 Å². The van der Waals surface area contributed by atoms with Crippen LogP contribution >= 0.6 is 0 Å². The molecule has 0 radical (unpaired) electrons. The topological polar surface area (TPSA) is 55.9 Å². The fourth-order valence-electron chi connectivity index (χ4n) is 3.28. The van der Waals surface area contributed by atoms with Crippen molar-refractivity contribution < 1.29 is 0 Å². The van der Waals surface area contributed by atoms with Crippen LogP contribution in [0, 0.1) is 5.92 Å². The number of aromatic nitrogens is 2. The molecule has 0 amide bonds. The first-order chi connectivity index (χ1) is 9.78. The van der Waals surface area contributed by atoms with Crippen LogP contribution in [0.2, 0.25) is 0 Å². The van der Waals surface area contributed by atoms with Crippen LogP contribution in [0.15, 0.2) is 36.5 Å². The van der Waals surface area contributed by atoms with Crippen LogP contribution in [0.5, 0.6) is 0 Å². The monoisotopic (exact) mass is 270 g/mol. The van der Waals surface area contributed by atoms with E-state index in [1.807, 2.05) is 17.9 Å². The summed E-state index contributed by atoms with van der Waals surface area (Å²) in [6, 6.07) is 11.2. The maximum Gasteiger partial charge on any atom is 0.0492 e. The third-order valence-electron chi connectivity index (χ3n) is 4.50. The molecular formula is C16H22N4. The zero-order valence-electron chi connectivity index (χ0n) is 11.9. The van der Waals surface area contributed by atoms with E-state index in [9.17, 15) is 0 Å². The lowest BCUT2D eigenvalue weighted by Gasteiger charge is -2.22. The van der Waals surface area contributed by atoms with Gasteiger partial charge in [0.15, 0.2) is 0 Å². The average molecular weight is 270 g/mol. The van der Waals surface area contributed by atoms with Crippen LogP contribution in [-0.2, 0) is 26.3 Å². The molecule has 0 bridgehead atoms. The second-order valence-electron chi connectivity index (χ2n) is 5.70. The lowest BCUT2D eigenvalue weighted by Crippen LogP contribution is -2.41. The third kappa shape index (κ3) is 2.62. The summed E-state index contributed by atoms with van der Waals surface area (Å²) < 4.78 is 1.94. The first-order valence-electron chi connectivity index (χ1n) is 7.27. The zero-order valence-corrected chi connectivity index (χ0v) is 11.9. The first kappa shape index (κ1) is 13.3. The summed E-state index contributed by atoms with van der Waals surface area (Å²) >= 11 is 0. The number of fused-ring (bicyclic) bond motifs is 1. The summed E-state index contributed by atoms with van der Waals surface area (Å²) in [7, 11) is 1.99. The van der Waals surface area contributed by atoms with Crippen LogP contribution in [0.3, 0.4) is 0 Å². The number of nitrogens with one attached hydrogen (secondary N) is 1. The summed E-state index contributed by atoms with van der Waals surface area (Å²) in [5.41, 5.74) is 7.26. The Morgan fingerprint density at radius 2 is 2.00 bits per heavy atom. The van der Waals surface area contributed by atoms with Crippen molar-refractivity contribution in [3.8, 4) is 0 Å². The van der Waals surface area contributed by atoms with Gasteiger partial charge in [-0.3, -0.25) is 16.0 Å². The Bertz CT molecular complexity index is 550. The van der Waals surface area contributed by atoms with Crippen molar-refractivity contribution in [1.29, 1.82) is 0 Å². The van der Waals surface area contributed by atoms with Crippen molar-refractivity contribution >= 4 is 0 Å². The Morgan fingerprint density at radius 3 is 2.55 bits per heavy atom. The SMILES string of the molecule is Cn1nccc1CCC(NN)C1Cc2ccccc2C1. The van der Waals surface area contributed by atoms with Gasteiger partial charge in [0.05, 0.1) is 0 Å². The largest absolute Gasteiger partial charge is 0.273 e. The van der Waals surface area contributed by atoms with E-state index in [1.165, 1.54) is 16.8 Å². The van der Waals surface area contributed by atoms with Gasteiger partial charge in [0.25, 0.3) is 0 Å². The van der Waals surface area contributed by atoms with Gasteiger partial charge in [-0.15, -0.1) is 0 Å². The molecule has 1 aliphatic carbocycles. The Labute approximate surface area is 120 Å². The molecule has 0 saturated carbocycles. The van der Waals surface area contributed by atoms with Gasteiger partial charge in [-0.25, -0.2) is 0 Å².